The highest BCUT2D eigenvalue weighted by Gasteiger charge is 2.12. The molecule has 0 radical (unpaired) electrons. The molecule has 0 saturated heterocycles. The maximum absolute atomic E-state index is 11.6. The Labute approximate surface area is 113 Å². The predicted molar refractivity (Wildman–Crippen MR) is 70.1 cm³/mol. The fourth-order valence-electron chi connectivity index (χ4n) is 1.78. The van der Waals surface area contributed by atoms with Crippen LogP contribution in [0.4, 0.5) is 5.82 Å². The number of hydrogen-bond acceptors (Lipinski definition) is 4. The average Bonchev–Trinajstić information content (AvgIpc) is 2.39. The van der Waals surface area contributed by atoms with E-state index in [1.165, 1.54) is 0 Å². The van der Waals surface area contributed by atoms with E-state index in [-0.39, 0.29) is 12.3 Å². The number of anilines is 1. The van der Waals surface area contributed by atoms with Gasteiger partial charge in [0.05, 0.1) is 0 Å². The number of nitrogens with zero attached hydrogens (tertiary/aromatic N) is 1. The van der Waals surface area contributed by atoms with E-state index >= 15 is 0 Å². The van der Waals surface area contributed by atoms with Crippen LogP contribution >= 0.6 is 0 Å². The van der Waals surface area contributed by atoms with E-state index in [9.17, 15) is 14.7 Å². The first-order valence-electron chi connectivity index (χ1n) is 6.55. The Morgan fingerprint density at radius 2 is 2.16 bits per heavy atom. The minimum atomic E-state index is -1.07. The second-order valence-electron chi connectivity index (χ2n) is 4.46. The van der Waals surface area contributed by atoms with E-state index in [0.29, 0.717) is 18.7 Å². The Hall–Kier alpha value is -1.91. The van der Waals surface area contributed by atoms with Crippen LogP contribution in [0, 0.1) is 5.92 Å². The quantitative estimate of drug-likeness (QED) is 0.767. The Morgan fingerprint density at radius 3 is 2.74 bits per heavy atom. The Bertz CT molecular complexity index is 406. The van der Waals surface area contributed by atoms with Crippen LogP contribution in [-0.2, 0) is 9.59 Å². The summed E-state index contributed by atoms with van der Waals surface area (Å²) in [6, 6.07) is 5.21. The lowest BCUT2D eigenvalue weighted by Gasteiger charge is -2.17. The molecule has 0 aliphatic carbocycles. The van der Waals surface area contributed by atoms with Crippen molar-refractivity contribution in [2.75, 3.05) is 5.32 Å². The molecule has 0 aliphatic heterocycles. The molecule has 104 valence electrons. The van der Waals surface area contributed by atoms with E-state index in [4.69, 9.17) is 0 Å². The molecular weight excluding hydrogens is 244 g/mol. The molecule has 0 saturated carbocycles. The van der Waals surface area contributed by atoms with Crippen LogP contribution < -0.4 is 10.4 Å². The van der Waals surface area contributed by atoms with Crippen molar-refractivity contribution in [3.8, 4) is 0 Å². The van der Waals surface area contributed by atoms with Gasteiger partial charge in [-0.1, -0.05) is 25.8 Å². The van der Waals surface area contributed by atoms with Gasteiger partial charge < -0.3 is 15.2 Å². The van der Waals surface area contributed by atoms with Gasteiger partial charge in [0.2, 0.25) is 5.91 Å². The van der Waals surface area contributed by atoms with E-state index in [1.807, 2.05) is 6.92 Å². The lowest BCUT2D eigenvalue weighted by molar-refractivity contribution is -0.312. The van der Waals surface area contributed by atoms with Gasteiger partial charge in [0.15, 0.2) is 0 Å². The smallest absolute Gasteiger partial charge is 0.225 e. The largest absolute Gasteiger partial charge is 0.550 e. The van der Waals surface area contributed by atoms with Crippen molar-refractivity contribution in [3.63, 3.8) is 0 Å². The number of hydrogen-bond donors (Lipinski definition) is 1. The molecule has 1 amide bonds. The van der Waals surface area contributed by atoms with Crippen LogP contribution in [0.25, 0.3) is 0 Å². The number of aromatic nitrogens is 1. The van der Waals surface area contributed by atoms with Gasteiger partial charge in [0.25, 0.3) is 0 Å². The minimum Gasteiger partial charge on any atom is -0.550 e. The summed E-state index contributed by atoms with van der Waals surface area (Å²) in [5, 5.41) is 13.5. The number of carboxylic acid groups (broad SMARTS) is 1. The summed E-state index contributed by atoms with van der Waals surface area (Å²) < 4.78 is 0. The number of pyridine rings is 1. The van der Waals surface area contributed by atoms with Crippen molar-refractivity contribution < 1.29 is 14.7 Å². The molecule has 1 atom stereocenters. The second kappa shape index (κ2) is 8.24. The molecule has 0 aromatic carbocycles. The summed E-state index contributed by atoms with van der Waals surface area (Å²) >= 11 is 0. The molecule has 0 fully saturated rings. The summed E-state index contributed by atoms with van der Waals surface area (Å²) in [5.41, 5.74) is 0. The van der Waals surface area contributed by atoms with Crippen molar-refractivity contribution >= 4 is 17.7 Å². The zero-order chi connectivity index (χ0) is 14.1. The molecule has 0 aliphatic rings. The lowest BCUT2D eigenvalue weighted by Crippen LogP contribution is -2.32. The molecule has 1 aromatic heterocycles. The zero-order valence-corrected chi connectivity index (χ0v) is 11.1. The summed E-state index contributed by atoms with van der Waals surface area (Å²) in [6.45, 7) is 2.00. The molecule has 19 heavy (non-hydrogen) atoms. The SMILES string of the molecule is CCCC[C@H](CCC(=O)Nc1ccccn1)C(=O)[O-]. The molecule has 0 bridgehead atoms. The van der Waals surface area contributed by atoms with Gasteiger partial charge in [-0.15, -0.1) is 0 Å². The van der Waals surface area contributed by atoms with Crippen molar-refractivity contribution in [3.05, 3.63) is 24.4 Å². The number of carboxylic acids is 1. The number of carbonyl (C=O) groups excluding carboxylic acids is 2. The predicted octanol–water partition coefficient (Wildman–Crippen LogP) is 1.36. The maximum atomic E-state index is 11.6. The number of amides is 1. The maximum Gasteiger partial charge on any atom is 0.225 e. The lowest BCUT2D eigenvalue weighted by atomic mass is 9.97. The van der Waals surface area contributed by atoms with Crippen LogP contribution in [0.15, 0.2) is 24.4 Å². The van der Waals surface area contributed by atoms with Gasteiger partial charge in [-0.2, -0.15) is 0 Å². The number of carbonyl (C=O) groups is 2. The van der Waals surface area contributed by atoms with Gasteiger partial charge in [-0.25, -0.2) is 4.98 Å². The van der Waals surface area contributed by atoms with E-state index in [0.717, 1.165) is 12.8 Å². The summed E-state index contributed by atoms with van der Waals surface area (Å²) in [7, 11) is 0. The summed E-state index contributed by atoms with van der Waals surface area (Å²) in [4.78, 5) is 26.5. The summed E-state index contributed by atoms with van der Waals surface area (Å²) in [6.07, 6.45) is 4.39. The highest BCUT2D eigenvalue weighted by atomic mass is 16.4. The number of aliphatic carboxylic acids is 1. The average molecular weight is 263 g/mol. The molecule has 5 heteroatoms. The van der Waals surface area contributed by atoms with Crippen LogP contribution in [0.3, 0.4) is 0 Å². The van der Waals surface area contributed by atoms with E-state index in [1.54, 1.807) is 24.4 Å². The minimum absolute atomic E-state index is 0.166. The fourth-order valence-corrected chi connectivity index (χ4v) is 1.78. The van der Waals surface area contributed by atoms with Crippen molar-refractivity contribution in [2.45, 2.75) is 39.0 Å². The van der Waals surface area contributed by atoms with Gasteiger partial charge in [-0.05, 0) is 30.9 Å². The zero-order valence-electron chi connectivity index (χ0n) is 11.1. The van der Waals surface area contributed by atoms with Gasteiger partial charge >= 0.3 is 0 Å². The molecule has 1 aromatic rings. The van der Waals surface area contributed by atoms with Gasteiger partial charge in [0, 0.05) is 18.6 Å². The van der Waals surface area contributed by atoms with Crippen molar-refractivity contribution in [1.29, 1.82) is 0 Å². The first-order valence-corrected chi connectivity index (χ1v) is 6.55. The first kappa shape index (κ1) is 15.1. The highest BCUT2D eigenvalue weighted by molar-refractivity contribution is 5.89. The second-order valence-corrected chi connectivity index (χ2v) is 4.46. The molecule has 1 N–H and O–H groups in total. The fraction of sp³-hybridized carbons (Fsp3) is 0.500. The molecule has 1 rings (SSSR count). The monoisotopic (exact) mass is 263 g/mol. The Morgan fingerprint density at radius 1 is 1.37 bits per heavy atom. The van der Waals surface area contributed by atoms with Crippen LogP contribution in [-0.4, -0.2) is 16.9 Å². The Balaban J connectivity index is 2.37. The standard InChI is InChI=1S/C14H20N2O3/c1-2-3-6-11(14(18)19)8-9-13(17)16-12-7-4-5-10-15-12/h4-5,7,10-11H,2-3,6,8-9H2,1H3,(H,18,19)(H,15,16,17)/p-1/t11-/m1/s1. The van der Waals surface area contributed by atoms with E-state index in [2.05, 4.69) is 10.3 Å². The topological polar surface area (TPSA) is 82.1 Å². The third-order valence-corrected chi connectivity index (χ3v) is 2.89. The third-order valence-electron chi connectivity index (χ3n) is 2.89. The van der Waals surface area contributed by atoms with Crippen molar-refractivity contribution in [1.82, 2.24) is 4.98 Å². The third kappa shape index (κ3) is 5.99. The molecular formula is C14H19N2O3-. The molecule has 0 spiro atoms. The normalized spacial score (nSPS) is 11.8. The number of unbranched alkanes of at least 4 members (excludes halogenated alkanes) is 1. The first-order chi connectivity index (χ1) is 9.13. The van der Waals surface area contributed by atoms with E-state index < -0.39 is 11.9 Å². The van der Waals surface area contributed by atoms with Crippen LogP contribution in [0.1, 0.15) is 39.0 Å². The van der Waals surface area contributed by atoms with Gasteiger partial charge in [0.1, 0.15) is 5.82 Å². The van der Waals surface area contributed by atoms with Crippen LogP contribution in [0.5, 0.6) is 0 Å². The number of nitrogens with one attached hydrogen (secondary N) is 1. The van der Waals surface area contributed by atoms with Crippen LogP contribution in [0.2, 0.25) is 0 Å². The molecule has 1 heterocycles. The highest BCUT2D eigenvalue weighted by Crippen LogP contribution is 2.15. The Kier molecular flexibility index (Phi) is 6.57. The van der Waals surface area contributed by atoms with Crippen molar-refractivity contribution in [2.24, 2.45) is 5.92 Å². The summed E-state index contributed by atoms with van der Waals surface area (Å²) in [5.74, 6) is -1.36. The molecule has 0 unspecified atom stereocenters. The molecule has 5 nitrogen and oxygen atoms in total. The van der Waals surface area contributed by atoms with Gasteiger partial charge in [-0.3, -0.25) is 4.79 Å². The number of rotatable bonds is 8.